The van der Waals surface area contributed by atoms with E-state index in [9.17, 15) is 0 Å². The lowest BCUT2D eigenvalue weighted by molar-refractivity contribution is -0.386. The molecule has 2 rings (SSSR count). The first kappa shape index (κ1) is 7.32. The predicted octanol–water partition coefficient (Wildman–Crippen LogP) is 1.37. The number of aryl methyl sites for hydroxylation is 1. The quantitative estimate of drug-likeness (QED) is 0.656. The first-order chi connectivity index (χ1) is 5.42. The minimum atomic E-state index is 0.978. The zero-order chi connectivity index (χ0) is 7.68. The highest BCUT2D eigenvalue weighted by Crippen LogP contribution is 2.29. The fourth-order valence-corrected chi connectivity index (χ4v) is 2.95. The first-order valence-corrected chi connectivity index (χ1v) is 5.17. The molecule has 1 aromatic heterocycles. The van der Waals surface area contributed by atoms with Gasteiger partial charge in [0.05, 0.1) is 0 Å². The molecule has 60 valence electrons. The number of thiophene rings is 1. The number of quaternary nitrogens is 1. The van der Waals surface area contributed by atoms with Crippen LogP contribution in [0.2, 0.25) is 0 Å². The van der Waals surface area contributed by atoms with E-state index in [0.29, 0.717) is 0 Å². The summed E-state index contributed by atoms with van der Waals surface area (Å²) < 4.78 is 0. The normalized spacial score (nSPS) is 16.5. The van der Waals surface area contributed by atoms with Gasteiger partial charge in [0.1, 0.15) is 6.54 Å². The molecule has 1 heterocycles. The zero-order valence-corrected chi connectivity index (χ0v) is 7.54. The summed E-state index contributed by atoms with van der Waals surface area (Å²) in [5.74, 6) is 0. The molecule has 3 N–H and O–H groups in total. The van der Waals surface area contributed by atoms with Crippen molar-refractivity contribution < 1.29 is 5.73 Å². The molecule has 0 saturated heterocycles. The Morgan fingerprint density at radius 3 is 3.00 bits per heavy atom. The Bertz CT molecular complexity index is 239. The molecular formula is C9H14NS+. The molecule has 2 heteroatoms. The molecule has 0 unspecified atom stereocenters. The molecule has 0 amide bonds. The average Bonchev–Trinajstić information content (AvgIpc) is 2.47. The minimum Gasteiger partial charge on any atom is -0.354 e. The summed E-state index contributed by atoms with van der Waals surface area (Å²) in [5, 5.41) is 2.29. The summed E-state index contributed by atoms with van der Waals surface area (Å²) in [7, 11) is 0. The number of fused-ring (bicyclic) bond motifs is 1. The summed E-state index contributed by atoms with van der Waals surface area (Å²) >= 11 is 1.94. The largest absolute Gasteiger partial charge is 0.354 e. The van der Waals surface area contributed by atoms with Gasteiger partial charge < -0.3 is 5.73 Å². The summed E-state index contributed by atoms with van der Waals surface area (Å²) in [6.45, 7) is 0.978. The van der Waals surface area contributed by atoms with Crippen molar-refractivity contribution in [3.8, 4) is 0 Å². The molecule has 0 fully saturated rings. The van der Waals surface area contributed by atoms with E-state index in [1.165, 1.54) is 31.2 Å². The van der Waals surface area contributed by atoms with E-state index in [2.05, 4.69) is 11.1 Å². The molecule has 1 aliphatic carbocycles. The molecule has 0 radical (unpaired) electrons. The third-order valence-corrected chi connectivity index (χ3v) is 3.56. The molecule has 0 aromatic carbocycles. The predicted molar refractivity (Wildman–Crippen MR) is 47.6 cm³/mol. The highest BCUT2D eigenvalue weighted by atomic mass is 32.1. The van der Waals surface area contributed by atoms with E-state index in [1.807, 2.05) is 11.3 Å². The number of hydrogen-bond donors (Lipinski definition) is 1. The van der Waals surface area contributed by atoms with Crippen LogP contribution in [-0.2, 0) is 19.4 Å². The molecular weight excluding hydrogens is 154 g/mol. The Labute approximate surface area is 71.2 Å². The van der Waals surface area contributed by atoms with Crippen molar-refractivity contribution in [2.45, 2.75) is 32.2 Å². The van der Waals surface area contributed by atoms with Crippen LogP contribution in [0, 0.1) is 0 Å². The zero-order valence-electron chi connectivity index (χ0n) is 6.73. The van der Waals surface area contributed by atoms with E-state index < -0.39 is 0 Å². The third-order valence-electron chi connectivity index (χ3n) is 2.42. The van der Waals surface area contributed by atoms with Gasteiger partial charge in [0.2, 0.25) is 0 Å². The fourth-order valence-electron chi connectivity index (χ4n) is 1.77. The topological polar surface area (TPSA) is 27.6 Å². The van der Waals surface area contributed by atoms with Crippen molar-refractivity contribution >= 4 is 11.3 Å². The van der Waals surface area contributed by atoms with Gasteiger partial charge in [0, 0.05) is 15.8 Å². The maximum atomic E-state index is 3.94. The molecule has 0 saturated carbocycles. The van der Waals surface area contributed by atoms with Crippen molar-refractivity contribution in [1.29, 1.82) is 0 Å². The highest BCUT2D eigenvalue weighted by molar-refractivity contribution is 7.10. The van der Waals surface area contributed by atoms with Gasteiger partial charge in [-0.05, 0) is 31.2 Å². The molecule has 1 aromatic rings. The Kier molecular flexibility index (Phi) is 1.96. The van der Waals surface area contributed by atoms with Gasteiger partial charge in [-0.3, -0.25) is 0 Å². The van der Waals surface area contributed by atoms with Crippen LogP contribution in [0.5, 0.6) is 0 Å². The molecule has 0 aliphatic heterocycles. The standard InChI is InChI=1S/C9H13NS/c10-5-7-6-11-9-4-2-1-3-8(7)9/h6H,1-5,10H2/p+1. The lowest BCUT2D eigenvalue weighted by Crippen LogP contribution is -2.47. The molecule has 0 spiro atoms. The van der Waals surface area contributed by atoms with E-state index in [1.54, 1.807) is 10.4 Å². The Hall–Kier alpha value is -0.340. The van der Waals surface area contributed by atoms with Crippen LogP contribution in [0.1, 0.15) is 28.8 Å². The maximum Gasteiger partial charge on any atom is 0.101 e. The number of hydrogen-bond acceptors (Lipinski definition) is 1. The summed E-state index contributed by atoms with van der Waals surface area (Å²) in [6, 6.07) is 0. The van der Waals surface area contributed by atoms with Crippen molar-refractivity contribution in [1.82, 2.24) is 0 Å². The average molecular weight is 168 g/mol. The van der Waals surface area contributed by atoms with Gasteiger partial charge >= 0.3 is 0 Å². The molecule has 0 bridgehead atoms. The van der Waals surface area contributed by atoms with Gasteiger partial charge in [0.15, 0.2) is 0 Å². The SMILES string of the molecule is [NH3+]Cc1csc2c1CCCC2. The lowest BCUT2D eigenvalue weighted by Gasteiger charge is -2.10. The van der Waals surface area contributed by atoms with Gasteiger partial charge in [-0.2, -0.15) is 0 Å². The first-order valence-electron chi connectivity index (χ1n) is 4.29. The summed E-state index contributed by atoms with van der Waals surface area (Å²) in [4.78, 5) is 1.63. The van der Waals surface area contributed by atoms with E-state index in [0.717, 1.165) is 6.54 Å². The number of rotatable bonds is 1. The van der Waals surface area contributed by atoms with Crippen LogP contribution in [0.3, 0.4) is 0 Å². The van der Waals surface area contributed by atoms with Gasteiger partial charge in [0.25, 0.3) is 0 Å². The van der Waals surface area contributed by atoms with Gasteiger partial charge in [-0.15, -0.1) is 11.3 Å². The van der Waals surface area contributed by atoms with E-state index >= 15 is 0 Å². The fraction of sp³-hybridized carbons (Fsp3) is 0.556. The highest BCUT2D eigenvalue weighted by Gasteiger charge is 2.14. The second kappa shape index (κ2) is 2.95. The Morgan fingerprint density at radius 2 is 2.18 bits per heavy atom. The lowest BCUT2D eigenvalue weighted by atomic mass is 9.96. The summed E-state index contributed by atoms with van der Waals surface area (Å²) in [6.07, 6.45) is 5.41. The van der Waals surface area contributed by atoms with E-state index in [-0.39, 0.29) is 0 Å². The molecule has 11 heavy (non-hydrogen) atoms. The molecule has 0 atom stereocenters. The van der Waals surface area contributed by atoms with Crippen LogP contribution < -0.4 is 5.73 Å². The van der Waals surface area contributed by atoms with Crippen LogP contribution in [0.4, 0.5) is 0 Å². The van der Waals surface area contributed by atoms with Crippen molar-refractivity contribution in [3.63, 3.8) is 0 Å². The second-order valence-electron chi connectivity index (χ2n) is 3.12. The monoisotopic (exact) mass is 168 g/mol. The minimum absolute atomic E-state index is 0.978. The van der Waals surface area contributed by atoms with Crippen molar-refractivity contribution in [3.05, 3.63) is 21.4 Å². The van der Waals surface area contributed by atoms with Crippen molar-refractivity contribution in [2.75, 3.05) is 0 Å². The Morgan fingerprint density at radius 1 is 1.36 bits per heavy atom. The van der Waals surface area contributed by atoms with Gasteiger partial charge in [-0.25, -0.2) is 0 Å². The molecule has 1 nitrogen and oxygen atoms in total. The molecule has 1 aliphatic rings. The third kappa shape index (κ3) is 1.21. The van der Waals surface area contributed by atoms with E-state index in [4.69, 9.17) is 0 Å². The van der Waals surface area contributed by atoms with Gasteiger partial charge in [-0.1, -0.05) is 0 Å². The van der Waals surface area contributed by atoms with Crippen molar-refractivity contribution in [2.24, 2.45) is 0 Å². The van der Waals surface area contributed by atoms with Crippen LogP contribution in [0.15, 0.2) is 5.38 Å². The maximum absolute atomic E-state index is 3.94. The van der Waals surface area contributed by atoms with Crippen LogP contribution in [-0.4, -0.2) is 0 Å². The van der Waals surface area contributed by atoms with Crippen LogP contribution in [0.25, 0.3) is 0 Å². The summed E-state index contributed by atoms with van der Waals surface area (Å²) in [5.41, 5.74) is 7.08. The smallest absolute Gasteiger partial charge is 0.101 e. The van der Waals surface area contributed by atoms with Crippen LogP contribution >= 0.6 is 11.3 Å². The Balaban J connectivity index is 2.38. The second-order valence-corrected chi connectivity index (χ2v) is 4.08.